The van der Waals surface area contributed by atoms with E-state index in [2.05, 4.69) is 15.0 Å². The van der Waals surface area contributed by atoms with Crippen molar-refractivity contribution < 1.29 is 9.47 Å². The molecule has 6 heteroatoms. The molecule has 0 radical (unpaired) electrons. The maximum atomic E-state index is 11.8. The van der Waals surface area contributed by atoms with E-state index in [4.69, 9.17) is 4.74 Å². The number of aryl methyl sites for hydroxylation is 1. The van der Waals surface area contributed by atoms with Crippen LogP contribution in [-0.4, -0.2) is 15.0 Å². The molecule has 3 aromatic heterocycles. The normalized spacial score (nSPS) is 13.3. The van der Waals surface area contributed by atoms with Crippen molar-refractivity contribution in [2.45, 2.75) is 32.3 Å². The summed E-state index contributed by atoms with van der Waals surface area (Å²) in [5.41, 5.74) is 4.92. The van der Waals surface area contributed by atoms with Crippen molar-refractivity contribution in [1.82, 2.24) is 15.0 Å². The SMILES string of the molecule is [O-][n+]1ccccc1COc1cc(-c2cncnc2)c2c(n1)CCCC2. The Morgan fingerprint density at radius 1 is 1.12 bits per heavy atom. The molecule has 3 heterocycles. The van der Waals surface area contributed by atoms with Crippen LogP contribution >= 0.6 is 0 Å². The number of pyridine rings is 2. The minimum Gasteiger partial charge on any atom is -0.618 e. The van der Waals surface area contributed by atoms with E-state index in [1.807, 2.05) is 24.5 Å². The molecule has 0 N–H and O–H groups in total. The molecule has 1 aliphatic carbocycles. The van der Waals surface area contributed by atoms with Crippen LogP contribution in [0, 0.1) is 5.21 Å². The van der Waals surface area contributed by atoms with E-state index >= 15 is 0 Å². The van der Waals surface area contributed by atoms with Gasteiger partial charge in [0, 0.05) is 41.9 Å². The van der Waals surface area contributed by atoms with Crippen LogP contribution in [-0.2, 0) is 19.4 Å². The van der Waals surface area contributed by atoms with Crippen LogP contribution in [0.4, 0.5) is 0 Å². The number of hydrogen-bond acceptors (Lipinski definition) is 5. The highest BCUT2D eigenvalue weighted by Gasteiger charge is 2.18. The van der Waals surface area contributed by atoms with Gasteiger partial charge in [-0.05, 0) is 42.9 Å². The molecule has 6 nitrogen and oxygen atoms in total. The summed E-state index contributed by atoms with van der Waals surface area (Å²) in [4.78, 5) is 12.9. The smallest absolute Gasteiger partial charge is 0.230 e. The Kier molecular flexibility index (Phi) is 4.24. The van der Waals surface area contributed by atoms with E-state index in [-0.39, 0.29) is 6.61 Å². The lowest BCUT2D eigenvalue weighted by Crippen LogP contribution is -2.31. The highest BCUT2D eigenvalue weighted by Crippen LogP contribution is 2.33. The first kappa shape index (κ1) is 15.5. The summed E-state index contributed by atoms with van der Waals surface area (Å²) in [7, 11) is 0. The molecule has 0 aliphatic heterocycles. The van der Waals surface area contributed by atoms with Gasteiger partial charge in [-0.15, -0.1) is 0 Å². The monoisotopic (exact) mass is 334 g/mol. The molecule has 0 amide bonds. The number of hydrogen-bond donors (Lipinski definition) is 0. The Hall–Kier alpha value is -3.02. The van der Waals surface area contributed by atoms with Gasteiger partial charge in [-0.1, -0.05) is 0 Å². The van der Waals surface area contributed by atoms with Crippen molar-refractivity contribution in [3.63, 3.8) is 0 Å². The molecule has 3 aromatic rings. The molecule has 0 saturated heterocycles. The molecule has 126 valence electrons. The molecule has 0 spiro atoms. The molecule has 0 atom stereocenters. The Morgan fingerprint density at radius 3 is 2.80 bits per heavy atom. The maximum Gasteiger partial charge on any atom is 0.230 e. The lowest BCUT2D eigenvalue weighted by molar-refractivity contribution is -0.616. The van der Waals surface area contributed by atoms with Crippen LogP contribution in [0.25, 0.3) is 11.1 Å². The van der Waals surface area contributed by atoms with Gasteiger partial charge in [0.1, 0.15) is 6.33 Å². The Labute approximate surface area is 145 Å². The molecule has 0 saturated carbocycles. The zero-order chi connectivity index (χ0) is 17.1. The molecule has 0 bridgehead atoms. The number of nitrogens with zero attached hydrogens (tertiary/aromatic N) is 4. The lowest BCUT2D eigenvalue weighted by atomic mass is 9.90. The molecule has 0 unspecified atom stereocenters. The van der Waals surface area contributed by atoms with Crippen LogP contribution in [0.1, 0.15) is 29.8 Å². The first-order valence-electron chi connectivity index (χ1n) is 8.39. The summed E-state index contributed by atoms with van der Waals surface area (Å²) >= 11 is 0. The fourth-order valence-electron chi connectivity index (χ4n) is 3.17. The average molecular weight is 334 g/mol. The second kappa shape index (κ2) is 6.84. The molecule has 0 fully saturated rings. The van der Waals surface area contributed by atoms with E-state index in [1.54, 1.807) is 12.1 Å². The van der Waals surface area contributed by atoms with Gasteiger partial charge in [0.2, 0.25) is 11.6 Å². The first-order chi connectivity index (χ1) is 12.3. The minimum absolute atomic E-state index is 0.181. The average Bonchev–Trinajstić information content (AvgIpc) is 2.67. The van der Waals surface area contributed by atoms with Gasteiger partial charge in [-0.2, -0.15) is 4.73 Å². The van der Waals surface area contributed by atoms with E-state index in [0.717, 1.165) is 47.2 Å². The zero-order valence-corrected chi connectivity index (χ0v) is 13.8. The van der Waals surface area contributed by atoms with Gasteiger partial charge < -0.3 is 9.94 Å². The Morgan fingerprint density at radius 2 is 1.96 bits per heavy atom. The molecular weight excluding hydrogens is 316 g/mol. The van der Waals surface area contributed by atoms with Crippen molar-refractivity contribution in [2.75, 3.05) is 0 Å². The minimum atomic E-state index is 0.181. The van der Waals surface area contributed by atoms with E-state index < -0.39 is 0 Å². The summed E-state index contributed by atoms with van der Waals surface area (Å²) in [5.74, 6) is 0.531. The predicted molar refractivity (Wildman–Crippen MR) is 91.6 cm³/mol. The van der Waals surface area contributed by atoms with Gasteiger partial charge in [0.05, 0.1) is 0 Å². The predicted octanol–water partition coefficient (Wildman–Crippen LogP) is 2.63. The quantitative estimate of drug-likeness (QED) is 0.541. The zero-order valence-electron chi connectivity index (χ0n) is 13.8. The summed E-state index contributed by atoms with van der Waals surface area (Å²) in [6.45, 7) is 0.181. The van der Waals surface area contributed by atoms with Crippen LogP contribution in [0.2, 0.25) is 0 Å². The van der Waals surface area contributed by atoms with Gasteiger partial charge in [0.15, 0.2) is 12.8 Å². The van der Waals surface area contributed by atoms with E-state index in [0.29, 0.717) is 11.6 Å². The number of fused-ring (bicyclic) bond motifs is 1. The first-order valence-corrected chi connectivity index (χ1v) is 8.39. The van der Waals surface area contributed by atoms with Gasteiger partial charge in [0.25, 0.3) is 0 Å². The molecule has 0 aromatic carbocycles. The van der Waals surface area contributed by atoms with Crippen LogP contribution in [0.3, 0.4) is 0 Å². The second-order valence-corrected chi connectivity index (χ2v) is 6.07. The fraction of sp³-hybridized carbons (Fsp3) is 0.263. The van der Waals surface area contributed by atoms with Gasteiger partial charge in [-0.25, -0.2) is 15.0 Å². The van der Waals surface area contributed by atoms with Crippen molar-refractivity contribution in [3.05, 3.63) is 71.3 Å². The third kappa shape index (κ3) is 3.28. The van der Waals surface area contributed by atoms with Crippen LogP contribution in [0.15, 0.2) is 49.2 Å². The van der Waals surface area contributed by atoms with Crippen molar-refractivity contribution >= 4 is 0 Å². The summed E-state index contributed by atoms with van der Waals surface area (Å²) in [6, 6.07) is 7.19. The van der Waals surface area contributed by atoms with E-state index in [9.17, 15) is 5.21 Å². The highest BCUT2D eigenvalue weighted by molar-refractivity contribution is 5.68. The van der Waals surface area contributed by atoms with Crippen molar-refractivity contribution in [1.29, 1.82) is 0 Å². The molecule has 1 aliphatic rings. The second-order valence-electron chi connectivity index (χ2n) is 6.07. The van der Waals surface area contributed by atoms with Gasteiger partial charge in [-0.3, -0.25) is 0 Å². The van der Waals surface area contributed by atoms with Crippen molar-refractivity contribution in [3.8, 4) is 17.0 Å². The van der Waals surface area contributed by atoms with Crippen LogP contribution < -0.4 is 9.47 Å². The largest absolute Gasteiger partial charge is 0.618 e. The van der Waals surface area contributed by atoms with E-state index in [1.165, 1.54) is 18.1 Å². The molecule has 4 rings (SSSR count). The van der Waals surface area contributed by atoms with Crippen molar-refractivity contribution in [2.24, 2.45) is 0 Å². The van der Waals surface area contributed by atoms with Gasteiger partial charge >= 0.3 is 0 Å². The van der Waals surface area contributed by atoms with Crippen LogP contribution in [0.5, 0.6) is 5.88 Å². The maximum absolute atomic E-state index is 11.8. The topological polar surface area (TPSA) is 74.8 Å². The number of ether oxygens (including phenoxy) is 1. The third-order valence-corrected chi connectivity index (χ3v) is 4.42. The Balaban J connectivity index is 1.68. The summed E-state index contributed by atoms with van der Waals surface area (Å²) in [5, 5.41) is 11.8. The molecular formula is C19H18N4O2. The number of aromatic nitrogens is 4. The molecule has 25 heavy (non-hydrogen) atoms. The fourth-order valence-corrected chi connectivity index (χ4v) is 3.17. The highest BCUT2D eigenvalue weighted by atomic mass is 16.5. The summed E-state index contributed by atoms with van der Waals surface area (Å²) < 4.78 is 6.64. The lowest BCUT2D eigenvalue weighted by Gasteiger charge is -2.20. The third-order valence-electron chi connectivity index (χ3n) is 4.42. The Bertz CT molecular complexity index is 884. The standard InChI is InChI=1S/C19H18N4O2/c24-23-8-4-3-5-15(23)12-25-19-9-17(14-10-20-13-21-11-14)16-6-1-2-7-18(16)22-19/h3-5,8-11,13H,1-2,6-7,12H2. The number of rotatable bonds is 4. The summed E-state index contributed by atoms with van der Waals surface area (Å²) in [6.07, 6.45) is 10.9.